The molecule has 3 heterocycles. The van der Waals surface area contributed by atoms with E-state index in [1.807, 2.05) is 13.8 Å². The van der Waals surface area contributed by atoms with Crippen LogP contribution in [0.5, 0.6) is 0 Å². The predicted octanol–water partition coefficient (Wildman–Crippen LogP) is 2.50. The standard InChI is InChI=1S/C27H34O9/c1-13-19-15(28)10-25(4)22(14-7-8-34-12-14)35-18(30)11-27(13,25)36-17-9-16(29)24(2,3)21(26(17,19)5)20(31)23(32)33-6/h7-8,12,15,17,19-22,28,31H,1,9-11H2,2-6H3/t15-,17+,19-,20?,21+,22+,25+,26-,27+/m1/s1. The molecular formula is C27H34O9. The lowest BCUT2D eigenvalue weighted by atomic mass is 9.40. The van der Waals surface area contributed by atoms with Crippen LogP contribution in [0, 0.1) is 28.1 Å². The van der Waals surface area contributed by atoms with E-state index in [2.05, 4.69) is 6.58 Å². The van der Waals surface area contributed by atoms with Gasteiger partial charge in [0, 0.05) is 40.1 Å². The molecule has 2 bridgehead atoms. The Bertz CT molecular complexity index is 1120. The second-order valence-corrected chi connectivity index (χ2v) is 11.9. The van der Waals surface area contributed by atoms with E-state index in [1.54, 1.807) is 19.9 Å². The fraction of sp³-hybridized carbons (Fsp3) is 0.667. The van der Waals surface area contributed by atoms with Crippen LogP contribution in [-0.4, -0.2) is 59.0 Å². The molecule has 0 radical (unpaired) electrons. The van der Waals surface area contributed by atoms with E-state index in [-0.39, 0.29) is 25.0 Å². The lowest BCUT2D eigenvalue weighted by molar-refractivity contribution is -0.318. The molecule has 2 saturated carbocycles. The number of aliphatic hydroxyl groups is 2. The number of methoxy groups -OCH3 is 1. The first-order valence-electron chi connectivity index (χ1n) is 12.3. The summed E-state index contributed by atoms with van der Waals surface area (Å²) in [6.07, 6.45) is -1.04. The highest BCUT2D eigenvalue weighted by molar-refractivity contribution is 5.88. The van der Waals surface area contributed by atoms with Gasteiger partial charge in [0.2, 0.25) is 0 Å². The Balaban J connectivity index is 1.69. The number of ether oxygens (including phenoxy) is 3. The number of hydrogen-bond acceptors (Lipinski definition) is 9. The van der Waals surface area contributed by atoms with Gasteiger partial charge in [0.25, 0.3) is 0 Å². The summed E-state index contributed by atoms with van der Waals surface area (Å²) in [5.41, 5.74) is -3.15. The number of carbonyl (C=O) groups excluding carboxylic acids is 3. The summed E-state index contributed by atoms with van der Waals surface area (Å²) in [6, 6.07) is 1.71. The van der Waals surface area contributed by atoms with E-state index >= 15 is 0 Å². The van der Waals surface area contributed by atoms with Gasteiger partial charge in [-0.1, -0.05) is 34.3 Å². The molecule has 0 amide bonds. The molecule has 1 aromatic rings. The first-order valence-corrected chi connectivity index (χ1v) is 12.3. The van der Waals surface area contributed by atoms with Crippen molar-refractivity contribution >= 4 is 17.7 Å². The van der Waals surface area contributed by atoms with Gasteiger partial charge in [0.05, 0.1) is 38.3 Å². The number of Topliss-reactive ketones (excluding diaryl/α,β-unsaturated/α-hetero) is 1. The quantitative estimate of drug-likeness (QED) is 0.472. The summed E-state index contributed by atoms with van der Waals surface area (Å²) >= 11 is 0. The van der Waals surface area contributed by atoms with Crippen molar-refractivity contribution in [1.82, 2.24) is 0 Å². The summed E-state index contributed by atoms with van der Waals surface area (Å²) in [5.74, 6) is -3.10. The highest BCUT2D eigenvalue weighted by Crippen LogP contribution is 2.71. The van der Waals surface area contributed by atoms with E-state index in [0.29, 0.717) is 11.1 Å². The monoisotopic (exact) mass is 502 g/mol. The second-order valence-electron chi connectivity index (χ2n) is 11.9. The number of cyclic esters (lactones) is 1. The molecule has 1 spiro atoms. The molecule has 36 heavy (non-hydrogen) atoms. The van der Waals surface area contributed by atoms with Gasteiger partial charge in [-0.3, -0.25) is 9.59 Å². The Morgan fingerprint density at radius 1 is 1.25 bits per heavy atom. The van der Waals surface area contributed by atoms with Crippen molar-refractivity contribution in [2.45, 2.75) is 77.0 Å². The number of esters is 2. The normalized spacial score (nSPS) is 44.2. The number of fused-ring (bicyclic) bond motifs is 3. The number of ketones is 1. The molecule has 196 valence electrons. The lowest BCUT2D eigenvalue weighted by Gasteiger charge is -2.71. The molecule has 2 saturated heterocycles. The van der Waals surface area contributed by atoms with Gasteiger partial charge in [0.1, 0.15) is 17.5 Å². The number of hydrogen-bond donors (Lipinski definition) is 2. The maximum Gasteiger partial charge on any atom is 0.335 e. The minimum Gasteiger partial charge on any atom is -0.472 e. The van der Waals surface area contributed by atoms with Gasteiger partial charge < -0.3 is 28.8 Å². The van der Waals surface area contributed by atoms with Crippen molar-refractivity contribution in [3.8, 4) is 0 Å². The second kappa shape index (κ2) is 7.76. The van der Waals surface area contributed by atoms with Crippen LogP contribution in [0.2, 0.25) is 0 Å². The summed E-state index contributed by atoms with van der Waals surface area (Å²) in [7, 11) is 1.18. The largest absolute Gasteiger partial charge is 0.472 e. The maximum absolute atomic E-state index is 13.4. The third-order valence-corrected chi connectivity index (χ3v) is 9.90. The van der Waals surface area contributed by atoms with Crippen LogP contribution in [0.1, 0.15) is 58.6 Å². The lowest BCUT2D eigenvalue weighted by Crippen LogP contribution is -2.76. The summed E-state index contributed by atoms with van der Waals surface area (Å²) in [6.45, 7) is 11.5. The van der Waals surface area contributed by atoms with E-state index in [4.69, 9.17) is 18.6 Å². The number of furan rings is 1. The molecule has 5 rings (SSSR count). The Morgan fingerprint density at radius 2 is 1.94 bits per heavy atom. The Labute approximate surface area is 209 Å². The van der Waals surface area contributed by atoms with Crippen LogP contribution >= 0.6 is 0 Å². The molecule has 9 nitrogen and oxygen atoms in total. The fourth-order valence-corrected chi connectivity index (χ4v) is 8.21. The Morgan fingerprint density at radius 3 is 2.56 bits per heavy atom. The van der Waals surface area contributed by atoms with Crippen molar-refractivity contribution in [2.24, 2.45) is 28.1 Å². The number of rotatable bonds is 3. The smallest absolute Gasteiger partial charge is 0.335 e. The van der Waals surface area contributed by atoms with Crippen LogP contribution in [0.4, 0.5) is 0 Å². The Kier molecular flexibility index (Phi) is 5.42. The number of carbonyl (C=O) groups is 3. The fourth-order valence-electron chi connectivity index (χ4n) is 8.21. The van der Waals surface area contributed by atoms with Crippen molar-refractivity contribution in [3.63, 3.8) is 0 Å². The summed E-state index contributed by atoms with van der Waals surface area (Å²) in [4.78, 5) is 39.0. The van der Waals surface area contributed by atoms with Crippen LogP contribution in [-0.2, 0) is 28.6 Å². The van der Waals surface area contributed by atoms with Crippen molar-refractivity contribution in [2.75, 3.05) is 7.11 Å². The van der Waals surface area contributed by atoms with E-state index in [0.717, 1.165) is 0 Å². The van der Waals surface area contributed by atoms with Gasteiger partial charge in [0.15, 0.2) is 6.10 Å². The van der Waals surface area contributed by atoms with Crippen LogP contribution in [0.15, 0.2) is 35.2 Å². The molecule has 2 aliphatic carbocycles. The van der Waals surface area contributed by atoms with Gasteiger partial charge >= 0.3 is 11.9 Å². The number of aliphatic hydroxyl groups excluding tert-OH is 2. The average molecular weight is 503 g/mol. The zero-order chi connectivity index (χ0) is 26.4. The topological polar surface area (TPSA) is 132 Å². The molecule has 2 N–H and O–H groups in total. The average Bonchev–Trinajstić information content (AvgIpc) is 3.32. The Hall–Kier alpha value is -2.49. The zero-order valence-corrected chi connectivity index (χ0v) is 21.3. The predicted molar refractivity (Wildman–Crippen MR) is 124 cm³/mol. The molecule has 4 aliphatic rings. The molecule has 1 aromatic heterocycles. The third kappa shape index (κ3) is 2.90. The summed E-state index contributed by atoms with van der Waals surface area (Å²) in [5, 5.41) is 22.9. The highest BCUT2D eigenvalue weighted by atomic mass is 16.6. The third-order valence-electron chi connectivity index (χ3n) is 9.90. The SMILES string of the molecule is C=C1[C@@H]2[C@H](O)C[C@@]3(C)[C@H](c4ccoc4)OC(=O)C[C@]13O[C@H]1CC(=O)C(C)(C)[C@H](C(O)C(=O)OC)[C@]12C. The van der Waals surface area contributed by atoms with Gasteiger partial charge in [-0.05, 0) is 18.1 Å². The molecule has 9 heteroatoms. The molecule has 0 aromatic carbocycles. The van der Waals surface area contributed by atoms with Crippen molar-refractivity contribution in [1.29, 1.82) is 0 Å². The minimum absolute atomic E-state index is 0.00759. The molecular weight excluding hydrogens is 468 g/mol. The van der Waals surface area contributed by atoms with Crippen LogP contribution < -0.4 is 0 Å². The molecule has 2 aliphatic heterocycles. The van der Waals surface area contributed by atoms with Gasteiger partial charge in [-0.25, -0.2) is 4.79 Å². The minimum atomic E-state index is -1.62. The van der Waals surface area contributed by atoms with Crippen molar-refractivity contribution < 1.29 is 43.2 Å². The summed E-state index contributed by atoms with van der Waals surface area (Å²) < 4.78 is 22.8. The zero-order valence-electron chi connectivity index (χ0n) is 21.3. The first kappa shape index (κ1) is 25.2. The van der Waals surface area contributed by atoms with E-state index < -0.39 is 70.0 Å². The molecule has 9 atom stereocenters. The van der Waals surface area contributed by atoms with E-state index in [9.17, 15) is 24.6 Å². The van der Waals surface area contributed by atoms with Gasteiger partial charge in [-0.2, -0.15) is 0 Å². The molecule has 1 unspecified atom stereocenters. The first-order chi connectivity index (χ1) is 16.8. The maximum atomic E-state index is 13.4. The van der Waals surface area contributed by atoms with E-state index in [1.165, 1.54) is 19.6 Å². The van der Waals surface area contributed by atoms with Crippen molar-refractivity contribution in [3.05, 3.63) is 36.3 Å². The van der Waals surface area contributed by atoms with Gasteiger partial charge in [-0.15, -0.1) is 0 Å². The molecule has 4 fully saturated rings. The van der Waals surface area contributed by atoms with Crippen LogP contribution in [0.25, 0.3) is 0 Å². The highest BCUT2D eigenvalue weighted by Gasteiger charge is 2.76. The van der Waals surface area contributed by atoms with Crippen LogP contribution in [0.3, 0.4) is 0 Å².